The summed E-state index contributed by atoms with van der Waals surface area (Å²) in [5.74, 6) is -0.574. The van der Waals surface area contributed by atoms with Gasteiger partial charge in [0, 0.05) is 22.1 Å². The molecule has 0 amide bonds. The molecule has 47 heavy (non-hydrogen) atoms. The fraction of sp³-hybridized carbons (Fsp3) is 0. The van der Waals surface area contributed by atoms with E-state index < -0.39 is 234 Å². The molecule has 1 heteroatoms. The van der Waals surface area contributed by atoms with Crippen LogP contribution in [0.5, 0.6) is 0 Å². The molecule has 9 rings (SSSR count). The molecular weight excluding hydrogens is 569 g/mol. The molecule has 0 saturated carbocycles. The SMILES string of the molecule is [2H]c1c([2H])c([2H])c(-c2ccccc2-c2oc3c([2H])c([2H])c(-c4c([2H])c([2H])c([2H])c([2H])c4[2H])c([2H])c3c2-c2c3c([2H])c([2H])c([2H])c([2H])c3c(-c3c([2H])c([2H])c([2H])c([2H])c3[2H])c3c([2H])c([2H])c([2H])c([2H])c23)c([2H])c1[2H]. The molecule has 0 fully saturated rings. The highest BCUT2D eigenvalue weighted by molar-refractivity contribution is 6.25. The van der Waals surface area contributed by atoms with Gasteiger partial charge in [0.2, 0.25) is 0 Å². The van der Waals surface area contributed by atoms with Crippen molar-refractivity contribution in [3.63, 3.8) is 0 Å². The van der Waals surface area contributed by atoms with E-state index in [2.05, 4.69) is 0 Å². The van der Waals surface area contributed by atoms with Crippen molar-refractivity contribution < 1.29 is 40.1 Å². The first-order chi connectivity index (χ1) is 34.1. The molecule has 0 radical (unpaired) electrons. The lowest BCUT2D eigenvalue weighted by molar-refractivity contribution is 0.633. The van der Waals surface area contributed by atoms with Gasteiger partial charge in [-0.2, -0.15) is 0 Å². The van der Waals surface area contributed by atoms with E-state index in [0.29, 0.717) is 0 Å². The van der Waals surface area contributed by atoms with E-state index in [0.717, 1.165) is 0 Å². The summed E-state index contributed by atoms with van der Waals surface area (Å²) >= 11 is 0. The molecule has 1 heterocycles. The van der Waals surface area contributed by atoms with Crippen molar-refractivity contribution in [1.82, 2.24) is 0 Å². The molecule has 0 saturated heterocycles. The molecule has 9 aromatic rings. The standard InChI is InChI=1S/C46H30O/c1-4-16-31(17-5-1)34-28-29-42-41(30-34)45(46(47-42)40-27-15-10-22-35(40)32-18-6-2-7-19-32)44-38-25-13-11-23-36(38)43(33-20-8-3-9-21-33)37-24-12-14-26-39(37)44/h1-30H/i1D,2D,3D,4D,5D,6D,7D,8D,9D,11D,12D,13D,14D,16D,17D,18D,19D,20D,21D,23D,24D,25D,26D,28D,29D,30D. The molecule has 220 valence electrons. The minimum atomic E-state index is -0.972. The third-order valence-electron chi connectivity index (χ3n) is 7.53. The quantitative estimate of drug-likeness (QED) is 0.174. The maximum absolute atomic E-state index is 9.95. The number of fused-ring (bicyclic) bond motifs is 3. The van der Waals surface area contributed by atoms with Crippen molar-refractivity contribution in [2.75, 3.05) is 0 Å². The zero-order valence-electron chi connectivity index (χ0n) is 49.7. The average molecular weight is 625 g/mol. The van der Waals surface area contributed by atoms with Gasteiger partial charge in [0.1, 0.15) is 11.3 Å². The maximum atomic E-state index is 9.95. The normalized spacial score (nSPS) is 19.1. The molecule has 0 bridgehead atoms. The molecule has 0 aliphatic carbocycles. The average Bonchev–Trinajstić information content (AvgIpc) is 3.77. The summed E-state index contributed by atoms with van der Waals surface area (Å²) < 4.78 is 239. The highest BCUT2D eigenvalue weighted by Crippen LogP contribution is 2.51. The number of furan rings is 1. The van der Waals surface area contributed by atoms with Gasteiger partial charge in [0.15, 0.2) is 0 Å². The molecule has 1 nitrogen and oxygen atoms in total. The van der Waals surface area contributed by atoms with Crippen LogP contribution in [0.25, 0.3) is 88.3 Å². The lowest BCUT2D eigenvalue weighted by Gasteiger charge is -2.18. The van der Waals surface area contributed by atoms with Crippen LogP contribution in [-0.4, -0.2) is 0 Å². The molecule has 0 aliphatic rings. The van der Waals surface area contributed by atoms with Gasteiger partial charge in [-0.15, -0.1) is 0 Å². The largest absolute Gasteiger partial charge is 0.455 e. The summed E-state index contributed by atoms with van der Waals surface area (Å²) in [6, 6.07) is -17.8. The van der Waals surface area contributed by atoms with E-state index in [1.54, 1.807) is 0 Å². The zero-order chi connectivity index (χ0) is 53.8. The van der Waals surface area contributed by atoms with Gasteiger partial charge in [-0.25, -0.2) is 0 Å². The Labute approximate surface area is 310 Å². The first-order valence-electron chi connectivity index (χ1n) is 27.0. The Kier molecular flexibility index (Phi) is 2.78. The van der Waals surface area contributed by atoms with Crippen LogP contribution in [0.15, 0.2) is 186 Å². The summed E-state index contributed by atoms with van der Waals surface area (Å²) in [6.07, 6.45) is 0. The van der Waals surface area contributed by atoms with Gasteiger partial charge in [0.05, 0.1) is 35.6 Å². The fourth-order valence-electron chi connectivity index (χ4n) is 5.63. The fourth-order valence-corrected chi connectivity index (χ4v) is 5.63. The molecular formula is C46H30O. The molecule has 0 aliphatic heterocycles. The van der Waals surface area contributed by atoms with Gasteiger partial charge in [0.25, 0.3) is 0 Å². The van der Waals surface area contributed by atoms with Gasteiger partial charge in [-0.05, 0) is 67.0 Å². The van der Waals surface area contributed by atoms with E-state index in [1.807, 2.05) is 0 Å². The van der Waals surface area contributed by atoms with Gasteiger partial charge in [-0.1, -0.05) is 169 Å². The molecule has 1 aromatic heterocycles. The van der Waals surface area contributed by atoms with Crippen molar-refractivity contribution >= 4 is 32.5 Å². The summed E-state index contributed by atoms with van der Waals surface area (Å²) in [5, 5.41) is -3.35. The Morgan fingerprint density at radius 3 is 1.45 bits per heavy atom. The number of rotatable bonds is 5. The second kappa shape index (κ2) is 11.3. The Hall–Kier alpha value is -6.18. The summed E-state index contributed by atoms with van der Waals surface area (Å²) in [4.78, 5) is 0. The van der Waals surface area contributed by atoms with Crippen LogP contribution >= 0.6 is 0 Å². The van der Waals surface area contributed by atoms with E-state index in [9.17, 15) is 9.60 Å². The maximum Gasteiger partial charge on any atom is 0.143 e. The Morgan fingerprint density at radius 1 is 0.362 bits per heavy atom. The Bertz CT molecular complexity index is 3880. The molecule has 0 atom stereocenters. The van der Waals surface area contributed by atoms with Crippen LogP contribution in [0, 0.1) is 0 Å². The van der Waals surface area contributed by atoms with Crippen LogP contribution in [0.3, 0.4) is 0 Å². The summed E-state index contributed by atoms with van der Waals surface area (Å²) in [6.45, 7) is 0. The van der Waals surface area contributed by atoms with E-state index in [1.165, 1.54) is 24.3 Å². The topological polar surface area (TPSA) is 13.1 Å². The zero-order valence-corrected chi connectivity index (χ0v) is 23.7. The van der Waals surface area contributed by atoms with Crippen LogP contribution in [0.1, 0.15) is 35.6 Å². The van der Waals surface area contributed by atoms with Crippen molar-refractivity contribution in [3.05, 3.63) is 181 Å². The minimum Gasteiger partial charge on any atom is -0.455 e. The molecule has 0 unspecified atom stereocenters. The summed E-state index contributed by atoms with van der Waals surface area (Å²) in [5.41, 5.74) is -5.67. The predicted molar refractivity (Wildman–Crippen MR) is 198 cm³/mol. The Morgan fingerprint density at radius 2 is 0.851 bits per heavy atom. The second-order valence-corrected chi connectivity index (χ2v) is 10.1. The van der Waals surface area contributed by atoms with E-state index >= 15 is 0 Å². The Balaban J connectivity index is 1.68. The third kappa shape index (κ3) is 4.56. The van der Waals surface area contributed by atoms with Gasteiger partial charge in [-0.3, -0.25) is 0 Å². The number of hydrogen-bond donors (Lipinski definition) is 0. The minimum absolute atomic E-state index is 0.192. The van der Waals surface area contributed by atoms with Crippen LogP contribution in [0.2, 0.25) is 0 Å². The van der Waals surface area contributed by atoms with Crippen molar-refractivity contribution in [2.45, 2.75) is 0 Å². The first-order valence-corrected chi connectivity index (χ1v) is 14.0. The predicted octanol–water partition coefficient (Wildman–Crippen LogP) is 13.1. The van der Waals surface area contributed by atoms with Crippen LogP contribution < -0.4 is 0 Å². The van der Waals surface area contributed by atoms with E-state index in [-0.39, 0.29) is 11.1 Å². The van der Waals surface area contributed by atoms with E-state index in [4.69, 9.17) is 30.5 Å². The third-order valence-corrected chi connectivity index (χ3v) is 7.53. The monoisotopic (exact) mass is 624 g/mol. The van der Waals surface area contributed by atoms with Crippen molar-refractivity contribution in [1.29, 1.82) is 0 Å². The first kappa shape index (κ1) is 11.6. The summed E-state index contributed by atoms with van der Waals surface area (Å²) in [7, 11) is 0. The van der Waals surface area contributed by atoms with Crippen molar-refractivity contribution in [2.24, 2.45) is 0 Å². The van der Waals surface area contributed by atoms with Gasteiger partial charge < -0.3 is 4.42 Å². The number of hydrogen-bond acceptors (Lipinski definition) is 1. The van der Waals surface area contributed by atoms with Gasteiger partial charge >= 0.3 is 0 Å². The lowest BCUT2D eigenvalue weighted by Crippen LogP contribution is -1.92. The van der Waals surface area contributed by atoms with Crippen LogP contribution in [-0.2, 0) is 0 Å². The smallest absolute Gasteiger partial charge is 0.143 e. The highest BCUT2D eigenvalue weighted by atomic mass is 16.3. The van der Waals surface area contributed by atoms with Crippen LogP contribution in [0.4, 0.5) is 0 Å². The molecule has 0 spiro atoms. The second-order valence-electron chi connectivity index (χ2n) is 10.1. The number of benzene rings is 8. The molecule has 8 aromatic carbocycles. The van der Waals surface area contributed by atoms with Crippen molar-refractivity contribution in [3.8, 4) is 55.8 Å². The lowest BCUT2D eigenvalue weighted by atomic mass is 9.84. The highest BCUT2D eigenvalue weighted by Gasteiger charge is 2.25. The molecule has 0 N–H and O–H groups in total.